The Bertz CT molecular complexity index is 926. The Kier molecular flexibility index (Phi) is 5.65. The molecule has 2 aromatic rings. The molecule has 0 atom stereocenters. The first kappa shape index (κ1) is 19.9. The molecule has 2 aliphatic heterocycles. The predicted molar refractivity (Wildman–Crippen MR) is 107 cm³/mol. The Hall–Kier alpha value is -3.42. The highest BCUT2D eigenvalue weighted by atomic mass is 16.3. The van der Waals surface area contributed by atoms with Crippen molar-refractivity contribution >= 4 is 23.6 Å². The Morgan fingerprint density at radius 3 is 2.27 bits per heavy atom. The molecule has 4 amide bonds. The number of carbonyl (C=O) groups excluding carboxylic acids is 4. The van der Waals surface area contributed by atoms with Gasteiger partial charge in [-0.25, -0.2) is 0 Å². The van der Waals surface area contributed by atoms with Crippen LogP contribution in [0.5, 0.6) is 0 Å². The van der Waals surface area contributed by atoms with E-state index in [9.17, 15) is 19.2 Å². The quantitative estimate of drug-likeness (QED) is 0.737. The number of fused-ring (bicyclic) bond motifs is 1. The number of imide groups is 1. The molecule has 0 spiro atoms. The van der Waals surface area contributed by atoms with Crippen LogP contribution in [0, 0.1) is 0 Å². The maximum absolute atomic E-state index is 12.3. The van der Waals surface area contributed by atoms with Gasteiger partial charge in [-0.15, -0.1) is 0 Å². The fraction of sp³-hybridized carbons (Fsp3) is 0.364. The van der Waals surface area contributed by atoms with Crippen molar-refractivity contribution in [3.8, 4) is 0 Å². The number of hydrogen-bond donors (Lipinski definition) is 1. The molecule has 1 aromatic carbocycles. The van der Waals surface area contributed by atoms with Gasteiger partial charge in [-0.05, 0) is 43.5 Å². The van der Waals surface area contributed by atoms with Crippen LogP contribution in [0.25, 0.3) is 0 Å². The minimum absolute atomic E-state index is 0.0115. The van der Waals surface area contributed by atoms with Gasteiger partial charge in [0.15, 0.2) is 5.76 Å². The first-order valence-electron chi connectivity index (χ1n) is 10.1. The molecular formula is C22H23N3O5. The summed E-state index contributed by atoms with van der Waals surface area (Å²) in [7, 11) is 0. The van der Waals surface area contributed by atoms with E-state index in [0.29, 0.717) is 49.2 Å². The van der Waals surface area contributed by atoms with Gasteiger partial charge in [-0.2, -0.15) is 0 Å². The van der Waals surface area contributed by atoms with Gasteiger partial charge in [-0.3, -0.25) is 24.1 Å². The average molecular weight is 409 g/mol. The molecule has 0 saturated carbocycles. The van der Waals surface area contributed by atoms with Crippen molar-refractivity contribution < 1.29 is 23.6 Å². The molecule has 2 aliphatic rings. The normalized spacial score (nSPS) is 16.7. The molecule has 4 rings (SSSR count). The fourth-order valence-corrected chi connectivity index (χ4v) is 3.92. The van der Waals surface area contributed by atoms with Gasteiger partial charge in [0.05, 0.1) is 17.4 Å². The summed E-state index contributed by atoms with van der Waals surface area (Å²) in [6.45, 7) is 1.33. The molecule has 0 unspecified atom stereocenters. The van der Waals surface area contributed by atoms with Crippen LogP contribution in [0.2, 0.25) is 0 Å². The van der Waals surface area contributed by atoms with Gasteiger partial charge in [-0.1, -0.05) is 12.1 Å². The van der Waals surface area contributed by atoms with E-state index in [2.05, 4.69) is 5.32 Å². The van der Waals surface area contributed by atoms with Gasteiger partial charge in [0.25, 0.3) is 17.7 Å². The topological polar surface area (TPSA) is 99.9 Å². The molecule has 3 heterocycles. The molecule has 8 heteroatoms. The summed E-state index contributed by atoms with van der Waals surface area (Å²) in [5.74, 6) is -0.520. The number of rotatable bonds is 6. The second-order valence-corrected chi connectivity index (χ2v) is 7.52. The number of carbonyl (C=O) groups is 4. The molecule has 0 aliphatic carbocycles. The molecule has 156 valence electrons. The van der Waals surface area contributed by atoms with E-state index in [1.54, 1.807) is 41.3 Å². The minimum Gasteiger partial charge on any atom is -0.459 e. The van der Waals surface area contributed by atoms with Gasteiger partial charge in [0, 0.05) is 32.1 Å². The van der Waals surface area contributed by atoms with E-state index in [0.717, 1.165) is 0 Å². The third-order valence-corrected chi connectivity index (χ3v) is 5.54. The zero-order chi connectivity index (χ0) is 21.1. The van der Waals surface area contributed by atoms with E-state index in [4.69, 9.17) is 4.42 Å². The Balaban J connectivity index is 1.19. The van der Waals surface area contributed by atoms with Crippen LogP contribution in [-0.4, -0.2) is 59.1 Å². The third-order valence-electron chi connectivity index (χ3n) is 5.54. The lowest BCUT2D eigenvalue weighted by molar-refractivity contribution is -0.122. The lowest BCUT2D eigenvalue weighted by Gasteiger charge is -2.32. The third kappa shape index (κ3) is 3.98. The number of likely N-dealkylation sites (tertiary alicyclic amines) is 1. The zero-order valence-corrected chi connectivity index (χ0v) is 16.5. The van der Waals surface area contributed by atoms with E-state index in [1.807, 2.05) is 0 Å². The van der Waals surface area contributed by atoms with Crippen molar-refractivity contribution in [3.63, 3.8) is 0 Å². The van der Waals surface area contributed by atoms with Crippen LogP contribution in [0.1, 0.15) is 57.0 Å². The number of nitrogens with zero attached hydrogens (tertiary/aromatic N) is 2. The molecule has 0 bridgehead atoms. The molecule has 8 nitrogen and oxygen atoms in total. The van der Waals surface area contributed by atoms with Gasteiger partial charge in [0.2, 0.25) is 5.91 Å². The molecule has 1 fully saturated rings. The molecule has 1 aromatic heterocycles. The van der Waals surface area contributed by atoms with Crippen LogP contribution in [0.15, 0.2) is 47.1 Å². The Labute approximate surface area is 173 Å². The van der Waals surface area contributed by atoms with Crippen LogP contribution in [0.4, 0.5) is 0 Å². The van der Waals surface area contributed by atoms with Crippen molar-refractivity contribution in [3.05, 3.63) is 59.5 Å². The summed E-state index contributed by atoms with van der Waals surface area (Å²) in [4.78, 5) is 52.2. The summed E-state index contributed by atoms with van der Waals surface area (Å²) >= 11 is 0. The highest BCUT2D eigenvalue weighted by molar-refractivity contribution is 6.21. The molecule has 30 heavy (non-hydrogen) atoms. The largest absolute Gasteiger partial charge is 0.459 e. The predicted octanol–water partition coefficient (Wildman–Crippen LogP) is 2.08. The standard InChI is InChI=1S/C22H23N3O5/c26-19(8-3-11-25-20(27)16-5-1-2-6-17(16)21(25)28)23-15-9-12-24(13-10-15)22(29)18-7-4-14-30-18/h1-2,4-7,14-15H,3,8-13H2,(H,23,26). The van der Waals surface area contributed by atoms with Crippen LogP contribution in [0.3, 0.4) is 0 Å². The minimum atomic E-state index is -0.301. The van der Waals surface area contributed by atoms with Crippen LogP contribution >= 0.6 is 0 Å². The first-order chi connectivity index (χ1) is 14.5. The fourth-order valence-electron chi connectivity index (χ4n) is 3.92. The van der Waals surface area contributed by atoms with Crippen LogP contribution in [-0.2, 0) is 4.79 Å². The zero-order valence-electron chi connectivity index (χ0n) is 16.5. The van der Waals surface area contributed by atoms with E-state index in [1.165, 1.54) is 11.2 Å². The van der Waals surface area contributed by atoms with Gasteiger partial charge in [0.1, 0.15) is 0 Å². The lowest BCUT2D eigenvalue weighted by Crippen LogP contribution is -2.46. The summed E-state index contributed by atoms with van der Waals surface area (Å²) in [6.07, 6.45) is 3.47. The van der Waals surface area contributed by atoms with E-state index < -0.39 is 0 Å². The SMILES string of the molecule is O=C(CCCN1C(=O)c2ccccc2C1=O)NC1CCN(C(=O)c2ccco2)CC1. The number of furan rings is 1. The lowest BCUT2D eigenvalue weighted by atomic mass is 10.0. The summed E-state index contributed by atoms with van der Waals surface area (Å²) in [5, 5.41) is 2.99. The molecule has 1 N–H and O–H groups in total. The van der Waals surface area contributed by atoms with Crippen LogP contribution < -0.4 is 5.32 Å². The Morgan fingerprint density at radius 1 is 1.00 bits per heavy atom. The second-order valence-electron chi connectivity index (χ2n) is 7.52. The van der Waals surface area contributed by atoms with Crippen molar-refractivity contribution in [2.24, 2.45) is 0 Å². The van der Waals surface area contributed by atoms with E-state index >= 15 is 0 Å². The van der Waals surface area contributed by atoms with Crippen molar-refractivity contribution in [1.29, 1.82) is 0 Å². The monoisotopic (exact) mass is 409 g/mol. The molecule has 0 radical (unpaired) electrons. The molecule has 1 saturated heterocycles. The average Bonchev–Trinajstić information content (AvgIpc) is 3.38. The molecular weight excluding hydrogens is 386 g/mol. The van der Waals surface area contributed by atoms with Gasteiger partial charge >= 0.3 is 0 Å². The second kappa shape index (κ2) is 8.52. The Morgan fingerprint density at radius 2 is 1.67 bits per heavy atom. The first-order valence-corrected chi connectivity index (χ1v) is 10.1. The summed E-state index contributed by atoms with van der Waals surface area (Å²) in [5.41, 5.74) is 0.839. The van der Waals surface area contributed by atoms with Crippen molar-refractivity contribution in [2.45, 2.75) is 31.7 Å². The van der Waals surface area contributed by atoms with Crippen molar-refractivity contribution in [2.75, 3.05) is 19.6 Å². The van der Waals surface area contributed by atoms with E-state index in [-0.39, 0.29) is 42.6 Å². The van der Waals surface area contributed by atoms with Gasteiger partial charge < -0.3 is 14.6 Å². The maximum atomic E-state index is 12.3. The number of nitrogens with one attached hydrogen (secondary N) is 1. The maximum Gasteiger partial charge on any atom is 0.289 e. The number of piperidine rings is 1. The highest BCUT2D eigenvalue weighted by Crippen LogP contribution is 2.22. The number of hydrogen-bond acceptors (Lipinski definition) is 5. The number of benzene rings is 1. The summed E-state index contributed by atoms with van der Waals surface area (Å²) in [6, 6.07) is 10.1. The highest BCUT2D eigenvalue weighted by Gasteiger charge is 2.34. The van der Waals surface area contributed by atoms with Crippen molar-refractivity contribution in [1.82, 2.24) is 15.1 Å². The number of amides is 4. The smallest absolute Gasteiger partial charge is 0.289 e. The summed E-state index contributed by atoms with van der Waals surface area (Å²) < 4.78 is 5.15.